The molecule has 6 rings (SSSR count). The highest BCUT2D eigenvalue weighted by Gasteiger charge is 2.28. The number of fused-ring (bicyclic) bond motifs is 1. The van der Waals surface area contributed by atoms with Crippen LogP contribution in [0.4, 0.5) is 45.5 Å². The summed E-state index contributed by atoms with van der Waals surface area (Å²) in [6.07, 6.45) is 0. The zero-order valence-corrected chi connectivity index (χ0v) is 30.1. The lowest BCUT2D eigenvalue weighted by Gasteiger charge is -2.14. The molecule has 57 heavy (non-hydrogen) atoms. The highest BCUT2D eigenvalue weighted by Crippen LogP contribution is 2.48. The molecular formula is C35H24N8O12S2. The van der Waals surface area contributed by atoms with Crippen LogP contribution in [0.25, 0.3) is 21.9 Å². The van der Waals surface area contributed by atoms with Crippen LogP contribution in [-0.4, -0.2) is 52.2 Å². The summed E-state index contributed by atoms with van der Waals surface area (Å²) in [5, 5.41) is 63.9. The number of hydrogen-bond acceptors (Lipinski definition) is 16. The van der Waals surface area contributed by atoms with Gasteiger partial charge >= 0.3 is 5.97 Å². The van der Waals surface area contributed by atoms with E-state index >= 15 is 0 Å². The van der Waals surface area contributed by atoms with E-state index in [2.05, 4.69) is 30.7 Å². The Morgan fingerprint density at radius 1 is 0.614 bits per heavy atom. The Bertz CT molecular complexity index is 2920. The van der Waals surface area contributed by atoms with Crippen molar-refractivity contribution in [1.29, 1.82) is 0 Å². The monoisotopic (exact) mass is 812 g/mol. The second-order valence-corrected chi connectivity index (χ2v) is 14.5. The van der Waals surface area contributed by atoms with Gasteiger partial charge in [-0.2, -0.15) is 37.3 Å². The van der Waals surface area contributed by atoms with E-state index in [1.807, 2.05) is 0 Å². The lowest BCUT2D eigenvalue weighted by atomic mass is 10.0. The molecule has 7 N–H and O–H groups in total. The molecule has 22 heteroatoms. The van der Waals surface area contributed by atoms with Crippen molar-refractivity contribution in [2.45, 2.75) is 9.79 Å². The van der Waals surface area contributed by atoms with Gasteiger partial charge < -0.3 is 21.1 Å². The fourth-order valence-electron chi connectivity index (χ4n) is 5.27. The van der Waals surface area contributed by atoms with Crippen molar-refractivity contribution < 1.29 is 51.0 Å². The number of non-ortho nitro benzene ring substituents is 1. The van der Waals surface area contributed by atoms with Crippen molar-refractivity contribution in [2.24, 2.45) is 30.7 Å². The maximum atomic E-state index is 12.4. The molecular weight excluding hydrogens is 789 g/mol. The minimum absolute atomic E-state index is 0.0114. The van der Waals surface area contributed by atoms with Crippen LogP contribution in [0.1, 0.15) is 10.4 Å². The summed E-state index contributed by atoms with van der Waals surface area (Å²) in [6.45, 7) is 0. The van der Waals surface area contributed by atoms with E-state index in [4.69, 9.17) is 5.73 Å². The normalized spacial score (nSPS) is 12.2. The number of carboxylic acids is 1. The zero-order chi connectivity index (χ0) is 41.2. The van der Waals surface area contributed by atoms with Crippen molar-refractivity contribution in [3.63, 3.8) is 0 Å². The second kappa shape index (κ2) is 15.3. The van der Waals surface area contributed by atoms with Gasteiger partial charge in [-0.25, -0.2) is 4.79 Å². The van der Waals surface area contributed by atoms with Gasteiger partial charge in [-0.1, -0.05) is 24.3 Å². The molecule has 0 heterocycles. The van der Waals surface area contributed by atoms with Crippen molar-refractivity contribution >= 4 is 82.5 Å². The Kier molecular flexibility index (Phi) is 10.5. The SMILES string of the molecule is Nc1c(N=Nc2ccc([N+](=O)[O-])cc2)c(S(=O)(=O)O)cc2cc(S(=O)(=O)O)c(N=Nc3ccc(-c4ccc(N=Nc5ccc(O)c(C(=O)O)c5)cc4)cc3)c(O)c12. The van der Waals surface area contributed by atoms with Crippen molar-refractivity contribution in [2.75, 3.05) is 5.73 Å². The van der Waals surface area contributed by atoms with Gasteiger partial charge in [0.25, 0.3) is 25.9 Å². The third-order valence-corrected chi connectivity index (χ3v) is 9.75. The molecule has 0 unspecified atom stereocenters. The largest absolute Gasteiger partial charge is 0.507 e. The number of phenolic OH excluding ortho intramolecular Hbond substituents is 1. The first-order chi connectivity index (χ1) is 26.9. The number of nitrogens with zero attached hydrogens (tertiary/aromatic N) is 7. The molecule has 0 spiro atoms. The molecule has 0 saturated carbocycles. The third-order valence-electron chi connectivity index (χ3n) is 8.02. The maximum absolute atomic E-state index is 12.4. The van der Waals surface area contributed by atoms with Crippen LogP contribution >= 0.6 is 0 Å². The van der Waals surface area contributed by atoms with Crippen LogP contribution in [0.15, 0.2) is 144 Å². The number of azo groups is 3. The highest BCUT2D eigenvalue weighted by atomic mass is 32.2. The number of aromatic carboxylic acids is 1. The number of nitro benzene ring substituents is 1. The number of aromatic hydroxyl groups is 2. The summed E-state index contributed by atoms with van der Waals surface area (Å²) >= 11 is 0. The molecule has 0 atom stereocenters. The van der Waals surface area contributed by atoms with Crippen LogP contribution in [-0.2, 0) is 20.2 Å². The molecule has 288 valence electrons. The van der Waals surface area contributed by atoms with Gasteiger partial charge in [-0.15, -0.1) is 10.2 Å². The fraction of sp³-hybridized carbons (Fsp3) is 0. The number of nitrogens with two attached hydrogens (primary N) is 1. The predicted octanol–water partition coefficient (Wildman–Crippen LogP) is 8.85. The Hall–Kier alpha value is -7.53. The summed E-state index contributed by atoms with van der Waals surface area (Å²) in [5.41, 5.74) is 5.82. The molecule has 0 saturated heterocycles. The van der Waals surface area contributed by atoms with Gasteiger partial charge in [0.15, 0.2) is 5.75 Å². The second-order valence-electron chi connectivity index (χ2n) is 11.7. The molecule has 6 aromatic carbocycles. The van der Waals surface area contributed by atoms with E-state index < -0.39 is 74.9 Å². The highest BCUT2D eigenvalue weighted by molar-refractivity contribution is 7.86. The molecule has 0 bridgehead atoms. The number of anilines is 1. The Morgan fingerprint density at radius 3 is 1.51 bits per heavy atom. The van der Waals surface area contributed by atoms with E-state index in [9.17, 15) is 56.2 Å². The predicted molar refractivity (Wildman–Crippen MR) is 202 cm³/mol. The molecule has 0 aromatic heterocycles. The summed E-state index contributed by atoms with van der Waals surface area (Å²) in [6, 6.07) is 22.9. The standard InChI is InChI=1S/C35H24N8O12S2/c36-31-30-20(15-28(56(50,51)52)32(31)41-38-23-9-12-25(13-10-23)43(48)49)16-29(57(53,54)55)33(34(30)45)42-39-22-7-3-19(4-8-22)18-1-5-21(6-2-18)37-40-24-11-14-27(44)26(17-24)35(46)47/h1-17,44-45H,36H2,(H,46,47)(H,50,51,52)(H,53,54,55). The zero-order valence-electron chi connectivity index (χ0n) is 28.4. The molecule has 20 nitrogen and oxygen atoms in total. The lowest BCUT2D eigenvalue weighted by Crippen LogP contribution is -2.03. The Morgan fingerprint density at radius 2 is 1.04 bits per heavy atom. The quantitative estimate of drug-likeness (QED) is 0.0234. The Balaban J connectivity index is 1.31. The number of nitro groups is 1. The first kappa shape index (κ1) is 39.2. The van der Waals surface area contributed by atoms with E-state index in [0.29, 0.717) is 11.3 Å². The average molecular weight is 813 g/mol. The first-order valence-corrected chi connectivity index (χ1v) is 18.6. The minimum atomic E-state index is -5.16. The average Bonchev–Trinajstić information content (AvgIpc) is 3.16. The van der Waals surface area contributed by atoms with E-state index in [0.717, 1.165) is 29.8 Å². The molecule has 0 amide bonds. The van der Waals surface area contributed by atoms with Gasteiger partial charge in [0.2, 0.25) is 0 Å². The van der Waals surface area contributed by atoms with Crippen LogP contribution in [0.3, 0.4) is 0 Å². The number of carboxylic acid groups (broad SMARTS) is 1. The number of benzene rings is 6. The van der Waals surface area contributed by atoms with Crippen LogP contribution < -0.4 is 5.73 Å². The first-order valence-electron chi connectivity index (χ1n) is 15.7. The van der Waals surface area contributed by atoms with Gasteiger partial charge in [-0.05, 0) is 83.2 Å². The van der Waals surface area contributed by atoms with Gasteiger partial charge in [-0.3, -0.25) is 19.2 Å². The molecule has 6 aromatic rings. The smallest absolute Gasteiger partial charge is 0.339 e. The van der Waals surface area contributed by atoms with Crippen molar-refractivity contribution in [3.8, 4) is 22.6 Å². The maximum Gasteiger partial charge on any atom is 0.339 e. The molecule has 0 aliphatic carbocycles. The van der Waals surface area contributed by atoms with Crippen molar-refractivity contribution in [3.05, 3.63) is 119 Å². The number of carbonyl (C=O) groups is 1. The van der Waals surface area contributed by atoms with E-state index in [1.165, 1.54) is 42.5 Å². The topological polar surface area (TPSA) is 330 Å². The van der Waals surface area contributed by atoms with Crippen LogP contribution in [0.5, 0.6) is 11.5 Å². The molecule has 0 aliphatic rings. The van der Waals surface area contributed by atoms with Crippen LogP contribution in [0, 0.1) is 10.1 Å². The Labute approximate surface area is 320 Å². The summed E-state index contributed by atoms with van der Waals surface area (Å²) in [7, 11) is -10.3. The van der Waals surface area contributed by atoms with Gasteiger partial charge in [0.1, 0.15) is 32.5 Å². The summed E-state index contributed by atoms with van der Waals surface area (Å²) in [5.74, 6) is -2.69. The number of rotatable bonds is 11. The van der Waals surface area contributed by atoms with Gasteiger partial charge in [0, 0.05) is 12.1 Å². The number of hydrogen-bond donors (Lipinski definition) is 6. The molecule has 0 radical (unpaired) electrons. The molecule has 0 aliphatic heterocycles. The molecule has 0 fully saturated rings. The van der Waals surface area contributed by atoms with E-state index in [1.54, 1.807) is 36.4 Å². The van der Waals surface area contributed by atoms with E-state index in [-0.39, 0.29) is 33.7 Å². The van der Waals surface area contributed by atoms with Gasteiger partial charge in [0.05, 0.1) is 38.7 Å². The third kappa shape index (κ3) is 8.58. The fourth-order valence-corrected chi connectivity index (χ4v) is 6.60. The summed E-state index contributed by atoms with van der Waals surface area (Å²) in [4.78, 5) is 19.6. The number of nitrogen functional groups attached to an aromatic ring is 1. The van der Waals surface area contributed by atoms with Crippen molar-refractivity contribution in [1.82, 2.24) is 0 Å². The lowest BCUT2D eigenvalue weighted by molar-refractivity contribution is -0.384. The minimum Gasteiger partial charge on any atom is -0.507 e. The summed E-state index contributed by atoms with van der Waals surface area (Å²) < 4.78 is 69.5. The van der Waals surface area contributed by atoms with Crippen LogP contribution in [0.2, 0.25) is 0 Å². The number of phenols is 2.